The normalized spacial score (nSPS) is 18.2. The van der Waals surface area contributed by atoms with E-state index in [2.05, 4.69) is 20.7 Å². The first kappa shape index (κ1) is 31.5. The number of halogens is 1. The average molecular weight is 643 g/mol. The van der Waals surface area contributed by atoms with Crippen molar-refractivity contribution in [3.8, 4) is 28.4 Å². The number of hydrogen-bond donors (Lipinski definition) is 2. The number of fused-ring (bicyclic) bond motifs is 8. The highest BCUT2D eigenvalue weighted by atomic mass is 19.1. The van der Waals surface area contributed by atoms with E-state index in [1.54, 1.807) is 65.5 Å². The zero-order valence-corrected chi connectivity index (χ0v) is 25.9. The Morgan fingerprint density at radius 2 is 1.98 bits per heavy atom. The highest BCUT2D eigenvalue weighted by Gasteiger charge is 2.34. The van der Waals surface area contributed by atoms with Crippen molar-refractivity contribution in [2.75, 3.05) is 26.8 Å². The van der Waals surface area contributed by atoms with Crippen LogP contribution in [0.3, 0.4) is 0 Å². The van der Waals surface area contributed by atoms with Crippen molar-refractivity contribution in [2.24, 2.45) is 0 Å². The van der Waals surface area contributed by atoms with Crippen LogP contribution in [0.5, 0.6) is 17.2 Å². The molecule has 2 N–H and O–H groups in total. The molecule has 2 aliphatic rings. The van der Waals surface area contributed by atoms with E-state index < -0.39 is 18.0 Å². The van der Waals surface area contributed by atoms with Crippen LogP contribution in [0.4, 0.5) is 4.39 Å². The van der Waals surface area contributed by atoms with E-state index in [-0.39, 0.29) is 43.2 Å². The van der Waals surface area contributed by atoms with Gasteiger partial charge in [-0.2, -0.15) is 5.10 Å². The smallest absolute Gasteiger partial charge is 0.258 e. The number of nitrogens with zero attached hydrogens (tertiary/aromatic N) is 4. The van der Waals surface area contributed by atoms with Gasteiger partial charge in [0.05, 0.1) is 13.2 Å². The van der Waals surface area contributed by atoms with Gasteiger partial charge in [-0.05, 0) is 60.0 Å². The molecule has 1 aromatic heterocycles. The van der Waals surface area contributed by atoms with Gasteiger partial charge in [0, 0.05) is 56.2 Å². The summed E-state index contributed by atoms with van der Waals surface area (Å²) in [7, 11) is 1.55. The van der Waals surface area contributed by atoms with Crippen molar-refractivity contribution in [1.82, 2.24) is 30.3 Å². The lowest BCUT2D eigenvalue weighted by atomic mass is 9.99. The number of rotatable bonds is 5. The van der Waals surface area contributed by atoms with E-state index >= 15 is 0 Å². The SMILES string of the molecule is COc1ccc2cc1-c1cccc(c1)OCC(=O)NCc1cc(F)cc(c1)O[C@@H]1CCN(C(=O)CCCn3cncn3)C[C@H]1NC2=O. The number of methoxy groups -OCH3 is 1. The summed E-state index contributed by atoms with van der Waals surface area (Å²) in [6.45, 7) is 0.977. The molecule has 0 aliphatic carbocycles. The van der Waals surface area contributed by atoms with E-state index in [4.69, 9.17) is 14.2 Å². The lowest BCUT2D eigenvalue weighted by Gasteiger charge is -2.39. The van der Waals surface area contributed by atoms with Crippen molar-refractivity contribution in [3.63, 3.8) is 0 Å². The van der Waals surface area contributed by atoms with E-state index in [1.807, 2.05) is 6.07 Å². The van der Waals surface area contributed by atoms with Crippen LogP contribution < -0.4 is 24.8 Å². The minimum Gasteiger partial charge on any atom is -0.496 e. The zero-order chi connectivity index (χ0) is 32.8. The molecule has 13 heteroatoms. The van der Waals surface area contributed by atoms with Gasteiger partial charge >= 0.3 is 0 Å². The van der Waals surface area contributed by atoms with Gasteiger partial charge in [0.1, 0.15) is 41.8 Å². The summed E-state index contributed by atoms with van der Waals surface area (Å²) in [4.78, 5) is 45.3. The Bertz CT molecular complexity index is 1750. The standard InChI is InChI=1S/C34H35FN6O6/c1-45-30-8-7-24-15-28(30)23-4-2-5-26(14-23)46-19-32(42)37-17-22-12-25(35)16-27(13-22)47-31-9-11-40(18-29(31)39-34(24)44)33(43)6-3-10-41-21-36-20-38-41/h2,4-5,7-8,12-16,20-21,29,31H,3,6,9-11,17-19H2,1H3,(H,37,42)(H,39,44)/t29-,31-/m1/s1. The van der Waals surface area contributed by atoms with E-state index in [9.17, 15) is 18.8 Å². The first-order chi connectivity index (χ1) is 22.8. The van der Waals surface area contributed by atoms with Crippen molar-refractivity contribution in [1.29, 1.82) is 0 Å². The Hall–Kier alpha value is -5.46. The van der Waals surface area contributed by atoms with Crippen LogP contribution in [0.1, 0.15) is 35.2 Å². The van der Waals surface area contributed by atoms with Crippen LogP contribution in [-0.4, -0.2) is 76.3 Å². The third-order valence-electron chi connectivity index (χ3n) is 8.15. The lowest BCUT2D eigenvalue weighted by Crippen LogP contribution is -2.58. The molecule has 1 fully saturated rings. The number of aryl methyl sites for hydroxylation is 1. The summed E-state index contributed by atoms with van der Waals surface area (Å²) in [5, 5.41) is 9.92. The molecule has 47 heavy (non-hydrogen) atoms. The van der Waals surface area contributed by atoms with Crippen LogP contribution in [0.15, 0.2) is 73.3 Å². The summed E-state index contributed by atoms with van der Waals surface area (Å²) in [6.07, 6.45) is 3.78. The van der Waals surface area contributed by atoms with Crippen molar-refractivity contribution < 1.29 is 33.0 Å². The van der Waals surface area contributed by atoms with Crippen molar-refractivity contribution in [2.45, 2.75) is 44.5 Å². The molecule has 4 aromatic rings. The summed E-state index contributed by atoms with van der Waals surface area (Å²) in [6, 6.07) is 15.8. The molecular weight excluding hydrogens is 607 g/mol. The molecule has 1 saturated heterocycles. The molecular formula is C34H35FN6O6. The molecule has 244 valence electrons. The first-order valence-electron chi connectivity index (χ1n) is 15.4. The summed E-state index contributed by atoms with van der Waals surface area (Å²) >= 11 is 0. The van der Waals surface area contributed by atoms with Gasteiger partial charge in [-0.15, -0.1) is 0 Å². The molecule has 0 spiro atoms. The van der Waals surface area contributed by atoms with E-state index in [0.717, 1.165) is 5.56 Å². The molecule has 3 heterocycles. The van der Waals surface area contributed by atoms with E-state index in [0.29, 0.717) is 60.5 Å². The largest absolute Gasteiger partial charge is 0.496 e. The van der Waals surface area contributed by atoms with Gasteiger partial charge in [-0.1, -0.05) is 12.1 Å². The van der Waals surface area contributed by atoms with Gasteiger partial charge in [0.25, 0.3) is 11.8 Å². The molecule has 0 saturated carbocycles. The van der Waals surface area contributed by atoms with Gasteiger partial charge in [-0.3, -0.25) is 19.1 Å². The third-order valence-corrected chi connectivity index (χ3v) is 8.15. The number of carbonyl (C=O) groups is 3. The fourth-order valence-corrected chi connectivity index (χ4v) is 5.78. The maximum Gasteiger partial charge on any atom is 0.258 e. The lowest BCUT2D eigenvalue weighted by molar-refractivity contribution is -0.133. The predicted octanol–water partition coefficient (Wildman–Crippen LogP) is 3.36. The topological polar surface area (TPSA) is 137 Å². The average Bonchev–Trinajstić information content (AvgIpc) is 3.60. The van der Waals surface area contributed by atoms with Gasteiger partial charge < -0.3 is 29.7 Å². The second-order valence-electron chi connectivity index (χ2n) is 11.4. The summed E-state index contributed by atoms with van der Waals surface area (Å²) in [5.41, 5.74) is 2.24. The quantitative estimate of drug-likeness (QED) is 0.338. The molecule has 3 aromatic carbocycles. The van der Waals surface area contributed by atoms with Crippen LogP contribution >= 0.6 is 0 Å². The second kappa shape index (κ2) is 14.3. The number of nitrogens with one attached hydrogen (secondary N) is 2. The summed E-state index contributed by atoms with van der Waals surface area (Å²) in [5.74, 6) is -0.0814. The Labute approximate surface area is 270 Å². The minimum absolute atomic E-state index is 0.0500. The summed E-state index contributed by atoms with van der Waals surface area (Å²) < 4.78 is 34.0. The van der Waals surface area contributed by atoms with Gasteiger partial charge in [0.15, 0.2) is 6.61 Å². The monoisotopic (exact) mass is 642 g/mol. The maximum atomic E-state index is 14.7. The number of piperidine rings is 1. The number of aromatic nitrogens is 3. The van der Waals surface area contributed by atoms with Crippen LogP contribution in [0.2, 0.25) is 0 Å². The molecule has 0 radical (unpaired) electrons. The van der Waals surface area contributed by atoms with Crippen molar-refractivity contribution >= 4 is 17.7 Å². The minimum atomic E-state index is -0.605. The maximum absolute atomic E-state index is 14.7. The first-order valence-corrected chi connectivity index (χ1v) is 15.4. The van der Waals surface area contributed by atoms with Crippen LogP contribution in [0, 0.1) is 5.82 Å². The second-order valence-corrected chi connectivity index (χ2v) is 11.4. The highest BCUT2D eigenvalue weighted by Crippen LogP contribution is 2.33. The predicted molar refractivity (Wildman–Crippen MR) is 168 cm³/mol. The molecule has 0 unspecified atom stereocenters. The molecule has 2 aliphatic heterocycles. The highest BCUT2D eigenvalue weighted by molar-refractivity contribution is 5.96. The Balaban J connectivity index is 1.29. The fourth-order valence-electron chi connectivity index (χ4n) is 5.78. The van der Waals surface area contributed by atoms with Crippen LogP contribution in [0.25, 0.3) is 11.1 Å². The number of hydrogen-bond acceptors (Lipinski definition) is 8. The number of ether oxygens (including phenoxy) is 3. The van der Waals surface area contributed by atoms with Gasteiger partial charge in [0.2, 0.25) is 5.91 Å². The fraction of sp³-hybridized carbons (Fsp3) is 0.324. The van der Waals surface area contributed by atoms with Crippen molar-refractivity contribution in [3.05, 3.63) is 90.3 Å². The Morgan fingerprint density at radius 3 is 2.81 bits per heavy atom. The molecule has 12 nitrogen and oxygen atoms in total. The number of carbonyl (C=O) groups excluding carboxylic acids is 3. The zero-order valence-electron chi connectivity index (χ0n) is 25.9. The Morgan fingerprint density at radius 1 is 1.09 bits per heavy atom. The number of amides is 3. The third kappa shape index (κ3) is 7.86. The van der Waals surface area contributed by atoms with Gasteiger partial charge in [-0.25, -0.2) is 9.37 Å². The molecule has 6 rings (SSSR count). The number of benzene rings is 3. The van der Waals surface area contributed by atoms with E-state index in [1.165, 1.54) is 18.5 Å². The van der Waals surface area contributed by atoms with Crippen LogP contribution in [-0.2, 0) is 22.7 Å². The molecule has 6 bridgehead atoms. The Kier molecular flexibility index (Phi) is 9.60. The molecule has 2 atom stereocenters. The molecule has 3 amide bonds. The number of likely N-dealkylation sites (tertiary alicyclic amines) is 1.